The molecule has 27 heavy (non-hydrogen) atoms. The van der Waals surface area contributed by atoms with Crippen LogP contribution in [-0.2, 0) is 4.79 Å². The maximum atomic E-state index is 13.7. The molecule has 150 valence electrons. The van der Waals surface area contributed by atoms with Crippen molar-refractivity contribution >= 4 is 11.7 Å². The third-order valence-electron chi connectivity index (χ3n) is 5.81. The molecule has 1 amide bonds. The van der Waals surface area contributed by atoms with Gasteiger partial charge in [0.25, 0.3) is 0 Å². The van der Waals surface area contributed by atoms with Crippen LogP contribution in [0.4, 0.5) is 10.2 Å². The number of anilines is 1. The Morgan fingerprint density at radius 3 is 2.44 bits per heavy atom. The SMILES string of the molecule is CC1CCC(C(=O)NC2CCC(Oc3ncc(F)c(N(C)C)n3)CC2)CC1. The van der Waals surface area contributed by atoms with E-state index in [0.29, 0.717) is 0 Å². The molecule has 1 N–H and O–H groups in total. The van der Waals surface area contributed by atoms with Gasteiger partial charge in [-0.25, -0.2) is 9.37 Å². The lowest BCUT2D eigenvalue weighted by molar-refractivity contribution is -0.127. The molecule has 0 spiro atoms. The second kappa shape index (κ2) is 8.85. The zero-order valence-corrected chi connectivity index (χ0v) is 16.6. The minimum atomic E-state index is -0.462. The van der Waals surface area contributed by atoms with Gasteiger partial charge in [0.1, 0.15) is 6.10 Å². The van der Waals surface area contributed by atoms with E-state index >= 15 is 0 Å². The van der Waals surface area contributed by atoms with E-state index in [4.69, 9.17) is 4.74 Å². The largest absolute Gasteiger partial charge is 0.460 e. The minimum Gasteiger partial charge on any atom is -0.460 e. The number of halogens is 1. The molecule has 0 aliphatic heterocycles. The summed E-state index contributed by atoms with van der Waals surface area (Å²) in [6.07, 6.45) is 8.96. The van der Waals surface area contributed by atoms with Crippen LogP contribution in [0.1, 0.15) is 58.3 Å². The van der Waals surface area contributed by atoms with Gasteiger partial charge in [0.15, 0.2) is 11.6 Å². The highest BCUT2D eigenvalue weighted by Gasteiger charge is 2.29. The topological polar surface area (TPSA) is 67.3 Å². The first-order valence-corrected chi connectivity index (χ1v) is 10.1. The van der Waals surface area contributed by atoms with Gasteiger partial charge in [-0.3, -0.25) is 4.79 Å². The van der Waals surface area contributed by atoms with Crippen molar-refractivity contribution in [2.24, 2.45) is 11.8 Å². The molecule has 0 radical (unpaired) electrons. The predicted molar refractivity (Wildman–Crippen MR) is 102 cm³/mol. The summed E-state index contributed by atoms with van der Waals surface area (Å²) in [6.45, 7) is 2.27. The van der Waals surface area contributed by atoms with Crippen LogP contribution in [0, 0.1) is 17.7 Å². The van der Waals surface area contributed by atoms with Gasteiger partial charge in [-0.2, -0.15) is 4.98 Å². The molecule has 0 atom stereocenters. The van der Waals surface area contributed by atoms with Crippen LogP contribution in [0.3, 0.4) is 0 Å². The van der Waals surface area contributed by atoms with Gasteiger partial charge in [0, 0.05) is 26.1 Å². The lowest BCUT2D eigenvalue weighted by Gasteiger charge is -2.31. The number of carbonyl (C=O) groups is 1. The number of ether oxygens (including phenoxy) is 1. The zero-order chi connectivity index (χ0) is 19.4. The lowest BCUT2D eigenvalue weighted by Crippen LogP contribution is -2.43. The molecule has 2 aliphatic carbocycles. The third kappa shape index (κ3) is 5.30. The van der Waals surface area contributed by atoms with Crippen LogP contribution in [0.25, 0.3) is 0 Å². The molecular weight excluding hydrogens is 347 g/mol. The average Bonchev–Trinajstić information content (AvgIpc) is 2.65. The van der Waals surface area contributed by atoms with Crippen LogP contribution in [-0.4, -0.2) is 42.1 Å². The summed E-state index contributed by atoms with van der Waals surface area (Å²) < 4.78 is 19.5. The fraction of sp³-hybridized carbons (Fsp3) is 0.750. The molecular formula is C20H31FN4O2. The lowest BCUT2D eigenvalue weighted by atomic mass is 9.82. The Kier molecular flexibility index (Phi) is 6.50. The summed E-state index contributed by atoms with van der Waals surface area (Å²) in [7, 11) is 3.46. The molecule has 6 nitrogen and oxygen atoms in total. The Hall–Kier alpha value is -1.92. The van der Waals surface area contributed by atoms with E-state index in [1.54, 1.807) is 19.0 Å². The Labute approximate surface area is 160 Å². The Morgan fingerprint density at radius 2 is 1.81 bits per heavy atom. The van der Waals surface area contributed by atoms with Crippen LogP contribution in [0.15, 0.2) is 6.20 Å². The second-order valence-corrected chi connectivity index (χ2v) is 8.28. The average molecular weight is 378 g/mol. The second-order valence-electron chi connectivity index (χ2n) is 8.28. The number of rotatable bonds is 5. The number of nitrogens with zero attached hydrogens (tertiary/aromatic N) is 3. The molecule has 2 aliphatic rings. The van der Waals surface area contributed by atoms with Gasteiger partial charge in [-0.05, 0) is 57.3 Å². The standard InChI is InChI=1S/C20H31FN4O2/c1-13-4-6-14(7-5-13)19(26)23-15-8-10-16(11-9-15)27-20-22-12-17(21)18(24-20)25(2)3/h12-16H,4-11H2,1-3H3,(H,23,26). The van der Waals surface area contributed by atoms with E-state index in [2.05, 4.69) is 22.2 Å². The van der Waals surface area contributed by atoms with Gasteiger partial charge >= 0.3 is 6.01 Å². The normalized spacial score (nSPS) is 28.4. The van der Waals surface area contributed by atoms with E-state index in [1.807, 2.05) is 0 Å². The Bertz CT molecular complexity index is 639. The first-order valence-electron chi connectivity index (χ1n) is 10.1. The van der Waals surface area contributed by atoms with Gasteiger partial charge in [-0.1, -0.05) is 6.92 Å². The van der Waals surface area contributed by atoms with Crippen molar-refractivity contribution in [3.63, 3.8) is 0 Å². The van der Waals surface area contributed by atoms with Crippen LogP contribution < -0.4 is 15.0 Å². The summed E-state index contributed by atoms with van der Waals surface area (Å²) in [5.74, 6) is 0.929. The van der Waals surface area contributed by atoms with Crippen LogP contribution in [0.2, 0.25) is 0 Å². The first-order chi connectivity index (χ1) is 12.9. The molecule has 0 bridgehead atoms. The third-order valence-corrected chi connectivity index (χ3v) is 5.81. The quantitative estimate of drug-likeness (QED) is 0.851. The number of amides is 1. The maximum absolute atomic E-state index is 13.7. The molecule has 2 fully saturated rings. The summed E-state index contributed by atoms with van der Waals surface area (Å²) in [6, 6.07) is 0.437. The van der Waals surface area contributed by atoms with Crippen molar-refractivity contribution in [1.29, 1.82) is 0 Å². The minimum absolute atomic E-state index is 0.00848. The van der Waals surface area contributed by atoms with Crippen LogP contribution >= 0.6 is 0 Å². The predicted octanol–water partition coefficient (Wildman–Crippen LogP) is 3.31. The summed E-state index contributed by atoms with van der Waals surface area (Å²) in [4.78, 5) is 22.2. The highest BCUT2D eigenvalue weighted by atomic mass is 19.1. The summed E-state index contributed by atoms with van der Waals surface area (Å²) in [5.41, 5.74) is 0. The summed E-state index contributed by atoms with van der Waals surface area (Å²) in [5, 5.41) is 3.24. The first kappa shape index (κ1) is 19.8. The van der Waals surface area contributed by atoms with E-state index < -0.39 is 5.82 Å². The smallest absolute Gasteiger partial charge is 0.318 e. The zero-order valence-electron chi connectivity index (χ0n) is 16.6. The molecule has 3 rings (SSSR count). The highest BCUT2D eigenvalue weighted by molar-refractivity contribution is 5.79. The molecule has 1 aromatic heterocycles. The number of hydrogen-bond donors (Lipinski definition) is 1. The molecule has 2 saturated carbocycles. The van der Waals surface area contributed by atoms with E-state index in [1.165, 1.54) is 0 Å². The van der Waals surface area contributed by atoms with Crippen molar-refractivity contribution in [2.75, 3.05) is 19.0 Å². The van der Waals surface area contributed by atoms with E-state index in [9.17, 15) is 9.18 Å². The maximum Gasteiger partial charge on any atom is 0.318 e. The van der Waals surface area contributed by atoms with Crippen LogP contribution in [0.5, 0.6) is 6.01 Å². The number of nitrogens with one attached hydrogen (secondary N) is 1. The molecule has 0 aromatic carbocycles. The Morgan fingerprint density at radius 1 is 1.15 bits per heavy atom. The number of hydrogen-bond acceptors (Lipinski definition) is 5. The van der Waals surface area contributed by atoms with E-state index in [0.717, 1.165) is 63.5 Å². The van der Waals surface area contributed by atoms with Crippen molar-refractivity contribution < 1.29 is 13.9 Å². The van der Waals surface area contributed by atoms with Crippen molar-refractivity contribution in [3.8, 4) is 6.01 Å². The number of carbonyl (C=O) groups excluding carboxylic acids is 1. The molecule has 1 heterocycles. The number of aromatic nitrogens is 2. The highest BCUT2D eigenvalue weighted by Crippen LogP contribution is 2.29. The monoisotopic (exact) mass is 378 g/mol. The van der Waals surface area contributed by atoms with Crippen molar-refractivity contribution in [2.45, 2.75) is 70.4 Å². The van der Waals surface area contributed by atoms with Crippen molar-refractivity contribution in [3.05, 3.63) is 12.0 Å². The van der Waals surface area contributed by atoms with Gasteiger partial charge in [0.05, 0.1) is 6.20 Å². The molecule has 0 unspecified atom stereocenters. The van der Waals surface area contributed by atoms with Gasteiger partial charge in [0.2, 0.25) is 5.91 Å². The fourth-order valence-corrected chi connectivity index (χ4v) is 4.03. The summed E-state index contributed by atoms with van der Waals surface area (Å²) >= 11 is 0. The molecule has 7 heteroatoms. The van der Waals surface area contributed by atoms with Crippen molar-refractivity contribution in [1.82, 2.24) is 15.3 Å². The molecule has 0 saturated heterocycles. The molecule has 1 aromatic rings. The fourth-order valence-electron chi connectivity index (χ4n) is 4.03. The Balaban J connectivity index is 1.45. The van der Waals surface area contributed by atoms with E-state index in [-0.39, 0.29) is 35.8 Å². The van der Waals surface area contributed by atoms with Gasteiger partial charge < -0.3 is 15.0 Å². The van der Waals surface area contributed by atoms with Gasteiger partial charge in [-0.15, -0.1) is 0 Å².